The number of hydrogen-bond acceptors (Lipinski definition) is 3. The Kier molecular flexibility index (Phi) is 2.68. The van der Waals surface area contributed by atoms with E-state index in [1.807, 2.05) is 48.0 Å². The first-order chi connectivity index (χ1) is 8.79. The highest BCUT2D eigenvalue weighted by Crippen LogP contribution is 2.27. The lowest BCUT2D eigenvalue weighted by atomic mass is 10.0. The van der Waals surface area contributed by atoms with Crippen molar-refractivity contribution in [1.82, 2.24) is 4.98 Å². The van der Waals surface area contributed by atoms with Crippen LogP contribution < -0.4 is 0 Å². The average molecular weight is 253 g/mol. The number of aromatic nitrogens is 1. The molecule has 0 radical (unpaired) electrons. The standard InChI is InChI=1S/C15H11NOS/c1-10-3-2-4-11-7-13(8-17)15(16-14(10)11)12-5-6-18-9-12/h2-9H,1H3. The van der Waals surface area contributed by atoms with Crippen LogP contribution in [-0.4, -0.2) is 11.3 Å². The van der Waals surface area contributed by atoms with Gasteiger partial charge in [-0.2, -0.15) is 11.3 Å². The van der Waals surface area contributed by atoms with E-state index in [4.69, 9.17) is 0 Å². The molecule has 0 atom stereocenters. The van der Waals surface area contributed by atoms with Gasteiger partial charge in [0.25, 0.3) is 0 Å². The van der Waals surface area contributed by atoms with Crippen molar-refractivity contribution in [3.8, 4) is 11.3 Å². The van der Waals surface area contributed by atoms with E-state index >= 15 is 0 Å². The zero-order chi connectivity index (χ0) is 12.5. The zero-order valence-electron chi connectivity index (χ0n) is 9.88. The molecule has 0 aliphatic carbocycles. The molecule has 0 aliphatic rings. The van der Waals surface area contributed by atoms with E-state index in [1.165, 1.54) is 0 Å². The molecule has 2 aromatic heterocycles. The minimum atomic E-state index is 0.645. The third-order valence-electron chi connectivity index (χ3n) is 3.00. The number of rotatable bonds is 2. The molecule has 0 aliphatic heterocycles. The Labute approximate surface area is 109 Å². The number of nitrogens with zero attached hydrogens (tertiary/aromatic N) is 1. The van der Waals surface area contributed by atoms with Gasteiger partial charge in [-0.05, 0) is 30.0 Å². The first-order valence-corrected chi connectivity index (χ1v) is 6.62. The van der Waals surface area contributed by atoms with Gasteiger partial charge in [0.1, 0.15) is 0 Å². The molecule has 3 aromatic rings. The van der Waals surface area contributed by atoms with Crippen molar-refractivity contribution in [3.05, 3.63) is 52.2 Å². The van der Waals surface area contributed by atoms with Crippen LogP contribution in [0.25, 0.3) is 22.2 Å². The van der Waals surface area contributed by atoms with E-state index in [2.05, 4.69) is 4.98 Å². The number of carbonyl (C=O) groups is 1. The normalized spacial score (nSPS) is 10.7. The number of hydrogen-bond donors (Lipinski definition) is 0. The summed E-state index contributed by atoms with van der Waals surface area (Å²) in [6.07, 6.45) is 0.877. The predicted octanol–water partition coefficient (Wildman–Crippen LogP) is 4.08. The molecule has 0 bridgehead atoms. The average Bonchev–Trinajstić information content (AvgIpc) is 2.91. The maximum Gasteiger partial charge on any atom is 0.152 e. The Morgan fingerprint density at radius 3 is 2.89 bits per heavy atom. The second-order valence-corrected chi connectivity index (χ2v) is 4.98. The molecular weight excluding hydrogens is 242 g/mol. The number of fused-ring (bicyclic) bond motifs is 1. The minimum Gasteiger partial charge on any atom is -0.298 e. The second-order valence-electron chi connectivity index (χ2n) is 4.20. The van der Waals surface area contributed by atoms with Crippen LogP contribution in [0.3, 0.4) is 0 Å². The fourth-order valence-electron chi connectivity index (χ4n) is 2.08. The van der Waals surface area contributed by atoms with Crippen molar-refractivity contribution in [3.63, 3.8) is 0 Å². The number of benzene rings is 1. The molecule has 0 N–H and O–H groups in total. The molecule has 0 fully saturated rings. The number of thiophene rings is 1. The quantitative estimate of drug-likeness (QED) is 0.644. The van der Waals surface area contributed by atoms with Crippen molar-refractivity contribution >= 4 is 28.5 Å². The van der Waals surface area contributed by atoms with E-state index in [0.29, 0.717) is 5.56 Å². The summed E-state index contributed by atoms with van der Waals surface area (Å²) in [5.74, 6) is 0. The fourth-order valence-corrected chi connectivity index (χ4v) is 2.72. The van der Waals surface area contributed by atoms with Gasteiger partial charge in [0.05, 0.1) is 11.2 Å². The molecule has 0 saturated carbocycles. The van der Waals surface area contributed by atoms with Gasteiger partial charge in [-0.15, -0.1) is 0 Å². The number of aryl methyl sites for hydroxylation is 1. The number of carbonyl (C=O) groups excluding carboxylic acids is 1. The first kappa shape index (κ1) is 11.1. The van der Waals surface area contributed by atoms with E-state index in [9.17, 15) is 4.79 Å². The summed E-state index contributed by atoms with van der Waals surface area (Å²) in [6, 6.07) is 9.91. The third-order valence-corrected chi connectivity index (χ3v) is 3.68. The van der Waals surface area contributed by atoms with E-state index in [1.54, 1.807) is 11.3 Å². The van der Waals surface area contributed by atoms with Gasteiger partial charge < -0.3 is 0 Å². The summed E-state index contributed by atoms with van der Waals surface area (Å²) in [6.45, 7) is 2.04. The summed E-state index contributed by atoms with van der Waals surface area (Å²) in [7, 11) is 0. The maximum absolute atomic E-state index is 11.2. The molecular formula is C15H11NOS. The predicted molar refractivity (Wildman–Crippen MR) is 75.2 cm³/mol. The highest BCUT2D eigenvalue weighted by Gasteiger charge is 2.10. The van der Waals surface area contributed by atoms with Gasteiger partial charge in [0, 0.05) is 21.9 Å². The lowest BCUT2D eigenvalue weighted by molar-refractivity contribution is 0.112. The topological polar surface area (TPSA) is 30.0 Å². The van der Waals surface area contributed by atoms with Crippen molar-refractivity contribution in [1.29, 1.82) is 0 Å². The van der Waals surface area contributed by atoms with E-state index in [-0.39, 0.29) is 0 Å². The lowest BCUT2D eigenvalue weighted by Gasteiger charge is -2.07. The number of aldehydes is 1. The van der Waals surface area contributed by atoms with E-state index in [0.717, 1.165) is 34.0 Å². The number of pyridine rings is 1. The van der Waals surface area contributed by atoms with Gasteiger partial charge in [0.15, 0.2) is 6.29 Å². The summed E-state index contributed by atoms with van der Waals surface area (Å²) in [4.78, 5) is 15.9. The molecule has 0 unspecified atom stereocenters. The fraction of sp³-hybridized carbons (Fsp3) is 0.0667. The SMILES string of the molecule is Cc1cccc2cc(C=O)c(-c3ccsc3)nc12. The summed E-state index contributed by atoms with van der Waals surface area (Å²) < 4.78 is 0. The lowest BCUT2D eigenvalue weighted by Crippen LogP contribution is -1.93. The molecule has 0 amide bonds. The van der Waals surface area contributed by atoms with Gasteiger partial charge in [-0.25, -0.2) is 4.98 Å². The Balaban J connectivity index is 2.37. The molecule has 88 valence electrons. The molecule has 1 aromatic carbocycles. The molecule has 18 heavy (non-hydrogen) atoms. The third kappa shape index (κ3) is 1.73. The Morgan fingerprint density at radius 2 is 2.17 bits per heavy atom. The molecule has 2 heterocycles. The van der Waals surface area contributed by atoms with Gasteiger partial charge in [0.2, 0.25) is 0 Å². The van der Waals surface area contributed by atoms with Gasteiger partial charge in [-0.3, -0.25) is 4.79 Å². The van der Waals surface area contributed by atoms with Crippen LogP contribution >= 0.6 is 11.3 Å². The van der Waals surface area contributed by atoms with Crippen LogP contribution in [0, 0.1) is 6.92 Å². The summed E-state index contributed by atoms with van der Waals surface area (Å²) in [5, 5.41) is 5.02. The Hall–Kier alpha value is -2.00. The minimum absolute atomic E-state index is 0.645. The largest absolute Gasteiger partial charge is 0.298 e. The van der Waals surface area contributed by atoms with Crippen LogP contribution in [-0.2, 0) is 0 Å². The highest BCUT2D eigenvalue weighted by molar-refractivity contribution is 7.08. The van der Waals surface area contributed by atoms with Crippen molar-refractivity contribution in [2.45, 2.75) is 6.92 Å². The van der Waals surface area contributed by atoms with Crippen LogP contribution in [0.15, 0.2) is 41.1 Å². The van der Waals surface area contributed by atoms with Crippen LogP contribution in [0.4, 0.5) is 0 Å². The van der Waals surface area contributed by atoms with Crippen molar-refractivity contribution in [2.24, 2.45) is 0 Å². The highest BCUT2D eigenvalue weighted by atomic mass is 32.1. The Morgan fingerprint density at radius 1 is 1.28 bits per heavy atom. The smallest absolute Gasteiger partial charge is 0.152 e. The molecule has 3 heteroatoms. The van der Waals surface area contributed by atoms with Crippen LogP contribution in [0.2, 0.25) is 0 Å². The zero-order valence-corrected chi connectivity index (χ0v) is 10.7. The van der Waals surface area contributed by atoms with Gasteiger partial charge >= 0.3 is 0 Å². The van der Waals surface area contributed by atoms with E-state index < -0.39 is 0 Å². The first-order valence-electron chi connectivity index (χ1n) is 5.68. The van der Waals surface area contributed by atoms with Crippen LogP contribution in [0.1, 0.15) is 15.9 Å². The maximum atomic E-state index is 11.2. The van der Waals surface area contributed by atoms with Gasteiger partial charge in [-0.1, -0.05) is 18.2 Å². The Bertz CT molecular complexity index is 717. The van der Waals surface area contributed by atoms with Crippen LogP contribution in [0.5, 0.6) is 0 Å². The molecule has 0 saturated heterocycles. The molecule has 3 rings (SSSR count). The number of para-hydroxylation sites is 1. The summed E-state index contributed by atoms with van der Waals surface area (Å²) in [5.41, 5.74) is 4.51. The van der Waals surface area contributed by atoms with Crippen molar-refractivity contribution < 1.29 is 4.79 Å². The monoisotopic (exact) mass is 253 g/mol. The molecule has 0 spiro atoms. The second kappa shape index (κ2) is 4.35. The summed E-state index contributed by atoms with van der Waals surface area (Å²) >= 11 is 1.61. The van der Waals surface area contributed by atoms with Crippen molar-refractivity contribution in [2.75, 3.05) is 0 Å². The molecule has 2 nitrogen and oxygen atoms in total.